The zero-order valence-corrected chi connectivity index (χ0v) is 8.49. The topological polar surface area (TPSA) is 52.3 Å². The van der Waals surface area contributed by atoms with E-state index in [4.69, 9.17) is 5.73 Å². The van der Waals surface area contributed by atoms with Crippen molar-refractivity contribution in [3.8, 4) is 0 Å². The molecule has 0 aromatic heterocycles. The molecule has 1 amide bonds. The highest BCUT2D eigenvalue weighted by Gasteiger charge is 2.17. The Morgan fingerprint density at radius 1 is 1.62 bits per heavy atom. The van der Waals surface area contributed by atoms with Crippen molar-refractivity contribution >= 4 is 30.6 Å². The molecule has 0 spiro atoms. The van der Waals surface area contributed by atoms with Crippen LogP contribution in [0.2, 0.25) is 0 Å². The lowest BCUT2D eigenvalue weighted by Gasteiger charge is -2.10. The van der Waals surface area contributed by atoms with Crippen molar-refractivity contribution in [2.45, 2.75) is 6.61 Å². The van der Waals surface area contributed by atoms with Crippen molar-refractivity contribution < 1.29 is 18.3 Å². The molecule has 0 saturated heterocycles. The standard InChI is InChI=1S/C7H6F2INO2/c8-7(9)13-5-1-2-10-3-4(5)6(11)12/h1-3,7H,(H2,11,12). The van der Waals surface area contributed by atoms with Gasteiger partial charge >= 0.3 is 6.61 Å². The highest BCUT2D eigenvalue weighted by molar-refractivity contribution is 14.2. The molecule has 1 aliphatic heterocycles. The summed E-state index contributed by atoms with van der Waals surface area (Å²) in [5.74, 6) is -0.881. The molecule has 0 unspecified atom stereocenters. The van der Waals surface area contributed by atoms with Crippen molar-refractivity contribution in [1.82, 2.24) is 0 Å². The van der Waals surface area contributed by atoms with E-state index in [1.807, 2.05) is 0 Å². The molecule has 2 N–H and O–H groups in total. The van der Waals surface area contributed by atoms with Crippen LogP contribution in [0.15, 0.2) is 21.5 Å². The minimum absolute atomic E-state index is 0.0515. The lowest BCUT2D eigenvalue weighted by Crippen LogP contribution is -2.18. The molecule has 0 aromatic rings. The van der Waals surface area contributed by atoms with Gasteiger partial charge in [0.25, 0.3) is 5.91 Å². The number of rotatable bonds is 3. The van der Waals surface area contributed by atoms with E-state index < -0.39 is 33.2 Å². The smallest absolute Gasteiger partial charge is 0.387 e. The number of carbonyl (C=O) groups excluding carboxylic acids is 1. The van der Waals surface area contributed by atoms with Crippen LogP contribution in [0.3, 0.4) is 0 Å². The average Bonchev–Trinajstić information content (AvgIpc) is 2.03. The van der Waals surface area contributed by atoms with E-state index in [1.165, 1.54) is 6.08 Å². The molecule has 0 fully saturated rings. The number of hydrogen-bond donors (Lipinski definition) is 1. The second kappa shape index (κ2) is 4.45. The molecule has 0 aliphatic carbocycles. The van der Waals surface area contributed by atoms with Crippen LogP contribution in [-0.4, -0.2) is 16.5 Å². The van der Waals surface area contributed by atoms with Gasteiger partial charge in [0.2, 0.25) is 0 Å². The average molecular weight is 301 g/mol. The first-order valence-corrected chi connectivity index (χ1v) is 5.71. The fourth-order valence-electron chi connectivity index (χ4n) is 0.710. The van der Waals surface area contributed by atoms with Gasteiger partial charge in [0.05, 0.1) is 5.57 Å². The van der Waals surface area contributed by atoms with Crippen LogP contribution in [0.1, 0.15) is 0 Å². The van der Waals surface area contributed by atoms with Gasteiger partial charge in [-0.3, -0.25) is 4.79 Å². The Labute approximate surface area is 83.0 Å². The van der Waals surface area contributed by atoms with Crippen LogP contribution >= 0.6 is 20.7 Å². The van der Waals surface area contributed by atoms with Gasteiger partial charge < -0.3 is 10.5 Å². The van der Waals surface area contributed by atoms with E-state index in [1.54, 1.807) is 8.09 Å². The van der Waals surface area contributed by atoms with Gasteiger partial charge in [-0.1, -0.05) is 20.7 Å². The summed E-state index contributed by atoms with van der Waals surface area (Å²) in [7, 11) is 0. The summed E-state index contributed by atoms with van der Waals surface area (Å²) < 4.78 is 31.0. The third-order valence-corrected chi connectivity index (χ3v) is 2.96. The molecule has 0 saturated carbocycles. The molecule has 1 heterocycles. The largest absolute Gasteiger partial charge is 0.434 e. The van der Waals surface area contributed by atoms with E-state index in [2.05, 4.69) is 4.74 Å². The Balaban J connectivity index is 2.83. The molecule has 72 valence electrons. The molecule has 13 heavy (non-hydrogen) atoms. The van der Waals surface area contributed by atoms with Crippen molar-refractivity contribution in [2.24, 2.45) is 5.73 Å². The van der Waals surface area contributed by atoms with E-state index in [0.29, 0.717) is 0 Å². The normalized spacial score (nSPS) is 15.9. The molecule has 1 aliphatic rings. The number of primary amides is 1. The van der Waals surface area contributed by atoms with Gasteiger partial charge in [0, 0.05) is 0 Å². The lowest BCUT2D eigenvalue weighted by molar-refractivity contribution is -0.116. The monoisotopic (exact) mass is 301 g/mol. The Morgan fingerprint density at radius 2 is 2.31 bits per heavy atom. The second-order valence-electron chi connectivity index (χ2n) is 2.05. The van der Waals surface area contributed by atoms with Gasteiger partial charge in [0.1, 0.15) is 5.76 Å². The number of allylic oxidation sites excluding steroid dienone is 1. The molecule has 0 radical (unpaired) electrons. The van der Waals surface area contributed by atoms with Crippen molar-refractivity contribution in [1.29, 1.82) is 0 Å². The predicted octanol–water partition coefficient (Wildman–Crippen LogP) is 1.27. The van der Waals surface area contributed by atoms with Crippen molar-refractivity contribution in [2.75, 3.05) is 0 Å². The van der Waals surface area contributed by atoms with Crippen LogP contribution < -0.4 is 5.73 Å². The van der Waals surface area contributed by atoms with Gasteiger partial charge in [-0.05, 0) is 14.2 Å². The number of ether oxygens (including phenoxy) is 1. The van der Waals surface area contributed by atoms with E-state index >= 15 is 0 Å². The van der Waals surface area contributed by atoms with Crippen molar-refractivity contribution in [3.05, 3.63) is 21.5 Å². The van der Waals surface area contributed by atoms with E-state index in [9.17, 15) is 13.6 Å². The maximum atomic E-state index is 11.8. The third-order valence-electron chi connectivity index (χ3n) is 1.21. The highest BCUT2D eigenvalue weighted by atomic mass is 127. The number of halogens is 3. The number of nitrogens with two attached hydrogens (primary N) is 1. The summed E-state index contributed by atoms with van der Waals surface area (Å²) in [6.45, 7) is -2.93. The quantitative estimate of drug-likeness (QED) is 0.798. The van der Waals surface area contributed by atoms with Gasteiger partial charge in [-0.15, -0.1) is 0 Å². The first-order chi connectivity index (χ1) is 6.11. The molecule has 3 nitrogen and oxygen atoms in total. The summed E-state index contributed by atoms with van der Waals surface area (Å²) >= 11 is -0.401. The minimum atomic E-state index is -2.93. The first kappa shape index (κ1) is 10.3. The summed E-state index contributed by atoms with van der Waals surface area (Å²) in [6.07, 6.45) is 1.36. The van der Waals surface area contributed by atoms with Crippen LogP contribution in [-0.2, 0) is 9.53 Å². The van der Waals surface area contributed by atoms with Crippen LogP contribution in [0.5, 0.6) is 0 Å². The molecule has 0 atom stereocenters. The fourth-order valence-corrected chi connectivity index (χ4v) is 2.43. The van der Waals surface area contributed by atoms with Crippen molar-refractivity contribution in [3.63, 3.8) is 0 Å². The molecule has 1 rings (SSSR count). The van der Waals surface area contributed by atoms with Gasteiger partial charge in [-0.2, -0.15) is 8.78 Å². The first-order valence-electron chi connectivity index (χ1n) is 3.22. The summed E-state index contributed by atoms with van der Waals surface area (Å²) in [4.78, 5) is 10.7. The third kappa shape index (κ3) is 2.87. The van der Waals surface area contributed by atoms with Crippen LogP contribution in [0, 0.1) is 0 Å². The molecular formula is C7H6F2INO2. The zero-order chi connectivity index (χ0) is 9.84. The Bertz CT molecular complexity index is 310. The maximum absolute atomic E-state index is 11.8. The minimum Gasteiger partial charge on any atom is -0.434 e. The SMILES string of the molecule is NC(=O)C1=CI=CC=C1OC(F)F. The summed E-state index contributed by atoms with van der Waals surface area (Å²) in [6, 6.07) is 0. The number of amides is 1. The number of hydrogen-bond acceptors (Lipinski definition) is 2. The van der Waals surface area contributed by atoms with Crippen LogP contribution in [0.25, 0.3) is 0 Å². The summed E-state index contributed by atoms with van der Waals surface area (Å²) in [5.41, 5.74) is 5.02. The lowest BCUT2D eigenvalue weighted by atomic mass is 10.2. The second-order valence-corrected chi connectivity index (χ2v) is 4.11. The maximum Gasteiger partial charge on any atom is 0.387 e. The molecule has 0 aromatic carbocycles. The fraction of sp³-hybridized carbons (Fsp3) is 0.143. The summed E-state index contributed by atoms with van der Waals surface area (Å²) in [5, 5.41) is 0. The Morgan fingerprint density at radius 3 is 2.85 bits per heavy atom. The number of carbonyl (C=O) groups is 1. The highest BCUT2D eigenvalue weighted by Crippen LogP contribution is 2.21. The number of alkyl halides is 2. The molecule has 0 bridgehead atoms. The zero-order valence-electron chi connectivity index (χ0n) is 6.34. The van der Waals surface area contributed by atoms with Gasteiger partial charge in [-0.25, -0.2) is 0 Å². The van der Waals surface area contributed by atoms with E-state index in [-0.39, 0.29) is 11.3 Å². The predicted molar refractivity (Wildman–Crippen MR) is 52.5 cm³/mol. The molecule has 6 heteroatoms. The van der Waals surface area contributed by atoms with Gasteiger partial charge in [0.15, 0.2) is 0 Å². The van der Waals surface area contributed by atoms with Crippen LogP contribution in [0.4, 0.5) is 8.78 Å². The Kier molecular flexibility index (Phi) is 3.52. The Hall–Kier alpha value is -0.790. The molecular weight excluding hydrogens is 295 g/mol. The van der Waals surface area contributed by atoms with E-state index in [0.717, 1.165) is 0 Å².